The van der Waals surface area contributed by atoms with Crippen LogP contribution < -0.4 is 14.8 Å². The summed E-state index contributed by atoms with van der Waals surface area (Å²) in [6, 6.07) is 5.97. The lowest BCUT2D eigenvalue weighted by Gasteiger charge is -2.16. The van der Waals surface area contributed by atoms with E-state index in [1.165, 1.54) is 0 Å². The lowest BCUT2D eigenvalue weighted by Crippen LogP contribution is -2.14. The molecular weight excluding hydrogens is 230 g/mol. The number of hydrogen-bond acceptors (Lipinski definition) is 4. The third-order valence-corrected chi connectivity index (χ3v) is 2.46. The van der Waals surface area contributed by atoms with Gasteiger partial charge in [0.1, 0.15) is 6.61 Å². The zero-order valence-corrected chi connectivity index (χ0v) is 11.5. The Balaban J connectivity index is 2.81. The van der Waals surface area contributed by atoms with Crippen LogP contribution in [0.5, 0.6) is 11.5 Å². The molecule has 0 aliphatic heterocycles. The van der Waals surface area contributed by atoms with E-state index in [4.69, 9.17) is 14.2 Å². The van der Waals surface area contributed by atoms with Crippen molar-refractivity contribution in [1.82, 2.24) is 5.32 Å². The van der Waals surface area contributed by atoms with Crippen molar-refractivity contribution in [2.75, 3.05) is 33.5 Å². The number of para-hydroxylation sites is 1. The first-order chi connectivity index (χ1) is 8.83. The topological polar surface area (TPSA) is 39.7 Å². The van der Waals surface area contributed by atoms with Gasteiger partial charge in [0.05, 0.1) is 13.2 Å². The van der Waals surface area contributed by atoms with E-state index in [0.717, 1.165) is 30.2 Å². The third kappa shape index (κ3) is 4.55. The van der Waals surface area contributed by atoms with Gasteiger partial charge in [-0.25, -0.2) is 0 Å². The van der Waals surface area contributed by atoms with Gasteiger partial charge in [-0.15, -0.1) is 0 Å². The average Bonchev–Trinajstić information content (AvgIpc) is 2.39. The van der Waals surface area contributed by atoms with E-state index < -0.39 is 0 Å². The van der Waals surface area contributed by atoms with Crippen molar-refractivity contribution in [3.8, 4) is 11.5 Å². The van der Waals surface area contributed by atoms with Crippen LogP contribution >= 0.6 is 0 Å². The Morgan fingerprint density at radius 2 is 1.94 bits per heavy atom. The van der Waals surface area contributed by atoms with Crippen molar-refractivity contribution >= 4 is 0 Å². The Kier molecular flexibility index (Phi) is 7.22. The second-order valence-corrected chi connectivity index (χ2v) is 3.80. The van der Waals surface area contributed by atoms with Crippen LogP contribution in [-0.2, 0) is 11.3 Å². The van der Waals surface area contributed by atoms with Crippen molar-refractivity contribution in [2.45, 2.75) is 20.4 Å². The van der Waals surface area contributed by atoms with E-state index in [1.54, 1.807) is 7.11 Å². The van der Waals surface area contributed by atoms with Crippen LogP contribution in [0, 0.1) is 0 Å². The van der Waals surface area contributed by atoms with Gasteiger partial charge in [-0.1, -0.05) is 19.1 Å². The molecule has 18 heavy (non-hydrogen) atoms. The standard InChI is InChI=1S/C14H23NO3/c1-4-15-11-12-7-6-8-13(17-5-2)14(12)18-10-9-16-3/h6-8,15H,4-5,9-11H2,1-3H3. The fourth-order valence-corrected chi connectivity index (χ4v) is 1.62. The lowest BCUT2D eigenvalue weighted by atomic mass is 10.2. The lowest BCUT2D eigenvalue weighted by molar-refractivity contribution is 0.142. The Morgan fingerprint density at radius 3 is 2.61 bits per heavy atom. The highest BCUT2D eigenvalue weighted by atomic mass is 16.5. The predicted octanol–water partition coefficient (Wildman–Crippen LogP) is 2.22. The van der Waals surface area contributed by atoms with Crippen molar-refractivity contribution in [3.05, 3.63) is 23.8 Å². The fraction of sp³-hybridized carbons (Fsp3) is 0.571. The van der Waals surface area contributed by atoms with Gasteiger partial charge in [0.25, 0.3) is 0 Å². The molecule has 0 saturated heterocycles. The van der Waals surface area contributed by atoms with Crippen LogP contribution in [0.1, 0.15) is 19.4 Å². The van der Waals surface area contributed by atoms with Crippen molar-refractivity contribution < 1.29 is 14.2 Å². The highest BCUT2D eigenvalue weighted by Crippen LogP contribution is 2.31. The molecule has 1 aromatic carbocycles. The molecule has 1 aromatic rings. The molecule has 0 unspecified atom stereocenters. The van der Waals surface area contributed by atoms with Crippen LogP contribution in [0.15, 0.2) is 18.2 Å². The Hall–Kier alpha value is -1.26. The van der Waals surface area contributed by atoms with E-state index in [1.807, 2.05) is 25.1 Å². The minimum Gasteiger partial charge on any atom is -0.490 e. The summed E-state index contributed by atoms with van der Waals surface area (Å²) in [4.78, 5) is 0. The molecule has 0 saturated carbocycles. The number of nitrogens with one attached hydrogen (secondary N) is 1. The molecule has 0 spiro atoms. The summed E-state index contributed by atoms with van der Waals surface area (Å²) >= 11 is 0. The third-order valence-electron chi connectivity index (χ3n) is 2.46. The highest BCUT2D eigenvalue weighted by Gasteiger charge is 2.10. The molecule has 0 atom stereocenters. The molecule has 1 N–H and O–H groups in total. The largest absolute Gasteiger partial charge is 0.490 e. The molecule has 0 amide bonds. The molecule has 0 aromatic heterocycles. The van der Waals surface area contributed by atoms with Gasteiger partial charge in [-0.2, -0.15) is 0 Å². The van der Waals surface area contributed by atoms with Crippen LogP contribution in [0.2, 0.25) is 0 Å². The second kappa shape index (κ2) is 8.78. The van der Waals surface area contributed by atoms with Crippen LogP contribution in [0.4, 0.5) is 0 Å². The molecule has 102 valence electrons. The maximum Gasteiger partial charge on any atom is 0.165 e. The van der Waals surface area contributed by atoms with Gasteiger partial charge in [-0.3, -0.25) is 0 Å². The minimum absolute atomic E-state index is 0.527. The molecule has 1 rings (SSSR count). The van der Waals surface area contributed by atoms with Gasteiger partial charge in [0.2, 0.25) is 0 Å². The maximum absolute atomic E-state index is 5.77. The first kappa shape index (κ1) is 14.8. The molecule has 0 radical (unpaired) electrons. The minimum atomic E-state index is 0.527. The van der Waals surface area contributed by atoms with E-state index >= 15 is 0 Å². The summed E-state index contributed by atoms with van der Waals surface area (Å²) in [5.74, 6) is 1.61. The summed E-state index contributed by atoms with van der Waals surface area (Å²) in [5, 5.41) is 3.30. The quantitative estimate of drug-likeness (QED) is 0.685. The zero-order valence-electron chi connectivity index (χ0n) is 11.5. The second-order valence-electron chi connectivity index (χ2n) is 3.80. The molecular formula is C14H23NO3. The van der Waals surface area contributed by atoms with E-state index in [9.17, 15) is 0 Å². The fourth-order valence-electron chi connectivity index (χ4n) is 1.62. The van der Waals surface area contributed by atoms with Gasteiger partial charge in [0.15, 0.2) is 11.5 Å². The first-order valence-electron chi connectivity index (χ1n) is 6.40. The van der Waals surface area contributed by atoms with Crippen molar-refractivity contribution in [3.63, 3.8) is 0 Å². The molecule has 0 aliphatic carbocycles. The van der Waals surface area contributed by atoms with Gasteiger partial charge < -0.3 is 19.5 Å². The smallest absolute Gasteiger partial charge is 0.165 e. The molecule has 4 nitrogen and oxygen atoms in total. The summed E-state index contributed by atoms with van der Waals surface area (Å²) in [5.41, 5.74) is 1.11. The summed E-state index contributed by atoms with van der Waals surface area (Å²) in [6.07, 6.45) is 0. The van der Waals surface area contributed by atoms with E-state index in [-0.39, 0.29) is 0 Å². The molecule has 0 fully saturated rings. The first-order valence-corrected chi connectivity index (χ1v) is 6.40. The molecule has 4 heteroatoms. The number of hydrogen-bond donors (Lipinski definition) is 1. The number of methoxy groups -OCH3 is 1. The van der Waals surface area contributed by atoms with Crippen LogP contribution in [0.25, 0.3) is 0 Å². The van der Waals surface area contributed by atoms with E-state index in [2.05, 4.69) is 12.2 Å². The summed E-state index contributed by atoms with van der Waals surface area (Å²) in [7, 11) is 1.66. The Bertz CT molecular complexity index is 342. The molecule has 0 heterocycles. The number of benzene rings is 1. The number of ether oxygens (including phenoxy) is 3. The highest BCUT2D eigenvalue weighted by molar-refractivity contribution is 5.46. The molecule has 0 bridgehead atoms. The summed E-state index contributed by atoms with van der Waals surface area (Å²) < 4.78 is 16.4. The Morgan fingerprint density at radius 1 is 1.11 bits per heavy atom. The normalized spacial score (nSPS) is 10.4. The predicted molar refractivity (Wildman–Crippen MR) is 72.4 cm³/mol. The maximum atomic E-state index is 5.77. The van der Waals surface area contributed by atoms with Gasteiger partial charge in [0, 0.05) is 19.2 Å². The van der Waals surface area contributed by atoms with E-state index in [0.29, 0.717) is 19.8 Å². The SMILES string of the molecule is CCNCc1cccc(OCC)c1OCCOC. The van der Waals surface area contributed by atoms with Gasteiger partial charge >= 0.3 is 0 Å². The van der Waals surface area contributed by atoms with Crippen LogP contribution in [0.3, 0.4) is 0 Å². The summed E-state index contributed by atoms with van der Waals surface area (Å²) in [6.45, 7) is 7.48. The zero-order chi connectivity index (χ0) is 13.2. The Labute approximate surface area is 109 Å². The molecule has 0 aliphatic rings. The number of rotatable bonds is 9. The van der Waals surface area contributed by atoms with Crippen LogP contribution in [-0.4, -0.2) is 33.5 Å². The van der Waals surface area contributed by atoms with Crippen molar-refractivity contribution in [1.29, 1.82) is 0 Å². The van der Waals surface area contributed by atoms with Crippen molar-refractivity contribution in [2.24, 2.45) is 0 Å². The van der Waals surface area contributed by atoms with Gasteiger partial charge in [-0.05, 0) is 19.5 Å². The monoisotopic (exact) mass is 253 g/mol. The average molecular weight is 253 g/mol.